The van der Waals surface area contributed by atoms with Gasteiger partial charge in [0.25, 0.3) is 0 Å². The summed E-state index contributed by atoms with van der Waals surface area (Å²) >= 11 is 1.39. The van der Waals surface area contributed by atoms with Crippen molar-refractivity contribution in [1.29, 1.82) is 0 Å². The van der Waals surface area contributed by atoms with E-state index in [9.17, 15) is 4.79 Å². The predicted molar refractivity (Wildman–Crippen MR) is 76.3 cm³/mol. The summed E-state index contributed by atoms with van der Waals surface area (Å²) in [6.45, 7) is 5.71. The maximum absolute atomic E-state index is 11.2. The molecule has 3 N–H and O–H groups in total. The van der Waals surface area contributed by atoms with E-state index in [-0.39, 0.29) is 12.1 Å². The van der Waals surface area contributed by atoms with Crippen molar-refractivity contribution in [2.45, 2.75) is 39.2 Å². The fourth-order valence-corrected chi connectivity index (χ4v) is 2.90. The monoisotopic (exact) mass is 283 g/mol. The lowest BCUT2D eigenvalue weighted by Crippen LogP contribution is -2.47. The quantitative estimate of drug-likeness (QED) is 0.880. The van der Waals surface area contributed by atoms with Gasteiger partial charge in [-0.2, -0.15) is 4.37 Å². The van der Waals surface area contributed by atoms with E-state index >= 15 is 0 Å². The predicted octanol–water partition coefficient (Wildman–Crippen LogP) is 1.69. The highest BCUT2D eigenvalue weighted by atomic mass is 32.1. The number of urea groups is 1. The molecule has 1 aromatic heterocycles. The average Bonchev–Trinajstić information content (AvgIpc) is 2.76. The Morgan fingerprint density at radius 3 is 3.11 bits per heavy atom. The molecule has 1 aromatic rings. The first-order valence-electron chi connectivity index (χ1n) is 6.68. The zero-order valence-electron chi connectivity index (χ0n) is 11.4. The van der Waals surface area contributed by atoms with E-state index in [1.165, 1.54) is 11.5 Å². The van der Waals surface area contributed by atoms with Crippen molar-refractivity contribution in [2.24, 2.45) is 11.7 Å². The highest BCUT2D eigenvalue weighted by Crippen LogP contribution is 2.18. The third kappa shape index (κ3) is 4.05. The summed E-state index contributed by atoms with van der Waals surface area (Å²) in [5.41, 5.74) is 5.32. The number of aromatic nitrogens is 2. The van der Waals surface area contributed by atoms with Crippen LogP contribution in [0.5, 0.6) is 0 Å². The lowest BCUT2D eigenvalue weighted by atomic mass is 10.1. The van der Waals surface area contributed by atoms with Gasteiger partial charge in [0.15, 0.2) is 0 Å². The van der Waals surface area contributed by atoms with E-state index in [1.807, 2.05) is 0 Å². The molecule has 106 valence electrons. The standard InChI is InChI=1S/C12H21N5OS/c1-8(2)6-10-15-12(19-16-10)14-9-4-3-5-17(7-9)11(13)18/h8-9H,3-7H2,1-2H3,(H2,13,18)(H,14,15,16). The number of nitrogens with zero attached hydrogens (tertiary/aromatic N) is 3. The minimum absolute atomic E-state index is 0.223. The van der Waals surface area contributed by atoms with Gasteiger partial charge in [-0.25, -0.2) is 9.78 Å². The second kappa shape index (κ2) is 6.18. The van der Waals surface area contributed by atoms with Crippen molar-refractivity contribution in [3.8, 4) is 0 Å². The number of nitrogens with two attached hydrogens (primary N) is 1. The van der Waals surface area contributed by atoms with Gasteiger partial charge >= 0.3 is 6.03 Å². The molecule has 0 aliphatic carbocycles. The van der Waals surface area contributed by atoms with Gasteiger partial charge in [-0.05, 0) is 18.8 Å². The molecular formula is C12H21N5OS. The summed E-state index contributed by atoms with van der Waals surface area (Å²) in [6.07, 6.45) is 2.90. The Morgan fingerprint density at radius 1 is 1.63 bits per heavy atom. The first-order chi connectivity index (χ1) is 9.04. The molecule has 0 saturated carbocycles. The Balaban J connectivity index is 1.89. The van der Waals surface area contributed by atoms with Crippen LogP contribution in [0.2, 0.25) is 0 Å². The molecule has 2 heterocycles. The maximum Gasteiger partial charge on any atom is 0.314 e. The number of carbonyl (C=O) groups excluding carboxylic acids is 1. The van der Waals surface area contributed by atoms with Crippen molar-refractivity contribution in [3.05, 3.63) is 5.82 Å². The molecule has 0 spiro atoms. The van der Waals surface area contributed by atoms with Crippen molar-refractivity contribution >= 4 is 22.7 Å². The third-order valence-corrected chi connectivity index (χ3v) is 3.80. The van der Waals surface area contributed by atoms with Gasteiger partial charge in [-0.3, -0.25) is 0 Å². The molecule has 0 aromatic carbocycles. The van der Waals surface area contributed by atoms with Gasteiger partial charge in [0.2, 0.25) is 5.13 Å². The van der Waals surface area contributed by atoms with Crippen LogP contribution in [0.1, 0.15) is 32.5 Å². The smallest absolute Gasteiger partial charge is 0.314 e. The highest BCUT2D eigenvalue weighted by molar-refractivity contribution is 7.09. The van der Waals surface area contributed by atoms with Crippen LogP contribution < -0.4 is 11.1 Å². The SMILES string of the molecule is CC(C)Cc1nsc(NC2CCCN(C(N)=O)C2)n1. The minimum Gasteiger partial charge on any atom is -0.356 e. The summed E-state index contributed by atoms with van der Waals surface area (Å²) in [4.78, 5) is 17.3. The van der Waals surface area contributed by atoms with Crippen LogP contribution in [0.25, 0.3) is 0 Å². The van der Waals surface area contributed by atoms with Crippen molar-refractivity contribution < 1.29 is 4.79 Å². The largest absolute Gasteiger partial charge is 0.356 e. The molecule has 1 aliphatic rings. The number of nitrogens with one attached hydrogen (secondary N) is 1. The Bertz CT molecular complexity index is 434. The number of primary amides is 1. The number of hydrogen-bond acceptors (Lipinski definition) is 5. The zero-order chi connectivity index (χ0) is 13.8. The molecule has 0 bridgehead atoms. The van der Waals surface area contributed by atoms with E-state index in [0.717, 1.165) is 36.8 Å². The molecule has 7 heteroatoms. The third-order valence-electron chi connectivity index (χ3n) is 3.12. The normalized spacial score (nSPS) is 19.7. The first kappa shape index (κ1) is 14.0. The second-order valence-electron chi connectivity index (χ2n) is 5.38. The number of likely N-dealkylation sites (tertiary alicyclic amines) is 1. The van der Waals surface area contributed by atoms with Crippen LogP contribution in [-0.4, -0.2) is 39.4 Å². The number of carbonyl (C=O) groups is 1. The summed E-state index contributed by atoms with van der Waals surface area (Å²) < 4.78 is 4.34. The highest BCUT2D eigenvalue weighted by Gasteiger charge is 2.22. The van der Waals surface area contributed by atoms with Gasteiger partial charge < -0.3 is 16.0 Å². The molecule has 1 atom stereocenters. The molecule has 1 fully saturated rings. The molecule has 19 heavy (non-hydrogen) atoms. The number of amides is 2. The van der Waals surface area contributed by atoms with E-state index in [2.05, 4.69) is 28.5 Å². The van der Waals surface area contributed by atoms with Crippen molar-refractivity contribution in [1.82, 2.24) is 14.3 Å². The first-order valence-corrected chi connectivity index (χ1v) is 7.45. The van der Waals surface area contributed by atoms with Crippen LogP contribution in [0.4, 0.5) is 9.93 Å². The molecule has 0 radical (unpaired) electrons. The fraction of sp³-hybridized carbons (Fsp3) is 0.750. The van der Waals surface area contributed by atoms with E-state index < -0.39 is 0 Å². The number of hydrogen-bond donors (Lipinski definition) is 2. The molecule has 1 aliphatic heterocycles. The Morgan fingerprint density at radius 2 is 2.42 bits per heavy atom. The van der Waals surface area contributed by atoms with Gasteiger partial charge in [-0.1, -0.05) is 13.8 Å². The van der Waals surface area contributed by atoms with Gasteiger partial charge in [-0.15, -0.1) is 0 Å². The summed E-state index contributed by atoms with van der Waals surface area (Å²) in [5, 5.41) is 4.19. The Hall–Kier alpha value is -1.37. The van der Waals surface area contributed by atoms with Gasteiger partial charge in [0.05, 0.1) is 0 Å². The van der Waals surface area contributed by atoms with Gasteiger partial charge in [0.1, 0.15) is 5.82 Å². The Labute approximate surface area is 117 Å². The summed E-state index contributed by atoms with van der Waals surface area (Å²) in [7, 11) is 0. The summed E-state index contributed by atoms with van der Waals surface area (Å²) in [5.74, 6) is 1.45. The van der Waals surface area contributed by atoms with E-state index in [4.69, 9.17) is 5.73 Å². The topological polar surface area (TPSA) is 84.1 Å². The number of anilines is 1. The number of piperidine rings is 1. The zero-order valence-corrected chi connectivity index (χ0v) is 12.2. The maximum atomic E-state index is 11.2. The van der Waals surface area contributed by atoms with Crippen molar-refractivity contribution in [3.63, 3.8) is 0 Å². The van der Waals surface area contributed by atoms with Gasteiger partial charge in [0, 0.05) is 37.1 Å². The second-order valence-corrected chi connectivity index (χ2v) is 6.13. The van der Waals surface area contributed by atoms with Crippen LogP contribution in [0, 0.1) is 5.92 Å². The van der Waals surface area contributed by atoms with Crippen LogP contribution in [0.15, 0.2) is 0 Å². The van der Waals surface area contributed by atoms with E-state index in [0.29, 0.717) is 12.5 Å². The molecule has 6 nitrogen and oxygen atoms in total. The molecule has 2 rings (SSSR count). The lowest BCUT2D eigenvalue weighted by Gasteiger charge is -2.31. The van der Waals surface area contributed by atoms with E-state index in [1.54, 1.807) is 4.90 Å². The molecule has 1 saturated heterocycles. The molecular weight excluding hydrogens is 262 g/mol. The molecule has 1 unspecified atom stereocenters. The Kier molecular flexibility index (Phi) is 4.57. The van der Waals surface area contributed by atoms with Crippen LogP contribution >= 0.6 is 11.5 Å². The van der Waals surface area contributed by atoms with Crippen LogP contribution in [0.3, 0.4) is 0 Å². The average molecular weight is 283 g/mol. The summed E-state index contributed by atoms with van der Waals surface area (Å²) in [6, 6.07) is -0.120. The van der Waals surface area contributed by atoms with Crippen LogP contribution in [-0.2, 0) is 6.42 Å². The minimum atomic E-state index is -0.343. The molecule has 2 amide bonds. The fourth-order valence-electron chi connectivity index (χ4n) is 2.23. The lowest BCUT2D eigenvalue weighted by molar-refractivity contribution is 0.192. The van der Waals surface area contributed by atoms with Crippen molar-refractivity contribution in [2.75, 3.05) is 18.4 Å². The number of rotatable bonds is 4.